The predicted octanol–water partition coefficient (Wildman–Crippen LogP) is 1.37. The van der Waals surface area contributed by atoms with Gasteiger partial charge < -0.3 is 10.5 Å². The lowest BCUT2D eigenvalue weighted by Crippen LogP contribution is -2.55. The number of nitrogens with zero attached hydrogens (tertiary/aromatic N) is 1. The minimum Gasteiger partial charge on any atom is -0.381 e. The van der Waals surface area contributed by atoms with Crippen LogP contribution < -0.4 is 5.73 Å². The average molecular weight is 212 g/mol. The van der Waals surface area contributed by atoms with Crippen LogP contribution in [0.5, 0.6) is 0 Å². The van der Waals surface area contributed by atoms with Crippen molar-refractivity contribution in [3.05, 3.63) is 0 Å². The van der Waals surface area contributed by atoms with Crippen LogP contribution in [0.25, 0.3) is 0 Å². The van der Waals surface area contributed by atoms with Gasteiger partial charge in [0.05, 0.1) is 0 Å². The van der Waals surface area contributed by atoms with E-state index in [2.05, 4.69) is 18.7 Å². The van der Waals surface area contributed by atoms with E-state index in [1.807, 2.05) is 0 Å². The van der Waals surface area contributed by atoms with Crippen LogP contribution in [-0.2, 0) is 4.74 Å². The van der Waals surface area contributed by atoms with Gasteiger partial charge in [0.2, 0.25) is 0 Å². The highest BCUT2D eigenvalue weighted by atomic mass is 16.5. The summed E-state index contributed by atoms with van der Waals surface area (Å²) in [5.41, 5.74) is 6.59. The Morgan fingerprint density at radius 1 is 1.33 bits per heavy atom. The molecular weight excluding hydrogens is 188 g/mol. The van der Waals surface area contributed by atoms with Crippen molar-refractivity contribution in [2.45, 2.75) is 57.2 Å². The Morgan fingerprint density at radius 3 is 2.87 bits per heavy atom. The molecule has 1 spiro atoms. The van der Waals surface area contributed by atoms with Crippen LogP contribution in [0.4, 0.5) is 0 Å². The first-order valence-corrected chi connectivity index (χ1v) is 6.27. The lowest BCUT2D eigenvalue weighted by molar-refractivity contribution is 0.0649. The third-order valence-electron chi connectivity index (χ3n) is 4.14. The van der Waals surface area contributed by atoms with Crippen molar-refractivity contribution in [3.63, 3.8) is 0 Å². The number of rotatable bonds is 1. The molecule has 0 aromatic carbocycles. The molecule has 2 rings (SSSR count). The molecule has 0 bridgehead atoms. The van der Waals surface area contributed by atoms with E-state index >= 15 is 0 Å². The topological polar surface area (TPSA) is 38.5 Å². The van der Waals surface area contributed by atoms with E-state index in [4.69, 9.17) is 10.5 Å². The molecule has 2 aliphatic rings. The number of nitrogens with two attached hydrogens (primary N) is 1. The summed E-state index contributed by atoms with van der Waals surface area (Å²) in [6.45, 7) is 7.53. The summed E-state index contributed by atoms with van der Waals surface area (Å²) < 4.78 is 5.58. The monoisotopic (exact) mass is 212 g/mol. The summed E-state index contributed by atoms with van der Waals surface area (Å²) in [6.07, 6.45) is 4.65. The fourth-order valence-electron chi connectivity index (χ4n) is 3.37. The standard InChI is InChI=1S/C12H24N2O/c1-10(2)14-7-4-11(13)12(14)5-3-8-15-9-6-12/h10-11H,3-9,13H2,1-2H3. The van der Waals surface area contributed by atoms with E-state index < -0.39 is 0 Å². The molecule has 2 unspecified atom stereocenters. The lowest BCUT2D eigenvalue weighted by Gasteiger charge is -2.43. The minimum absolute atomic E-state index is 0.241. The van der Waals surface area contributed by atoms with Crippen LogP contribution in [0.3, 0.4) is 0 Å². The Kier molecular flexibility index (Phi) is 3.33. The molecular formula is C12H24N2O. The molecule has 3 heteroatoms. The van der Waals surface area contributed by atoms with Crippen molar-refractivity contribution in [3.8, 4) is 0 Å². The number of ether oxygens (including phenoxy) is 1. The quantitative estimate of drug-likeness (QED) is 0.713. The largest absolute Gasteiger partial charge is 0.381 e. The first-order valence-electron chi connectivity index (χ1n) is 6.27. The van der Waals surface area contributed by atoms with E-state index in [1.165, 1.54) is 13.0 Å². The van der Waals surface area contributed by atoms with Gasteiger partial charge in [-0.15, -0.1) is 0 Å². The van der Waals surface area contributed by atoms with E-state index in [0.717, 1.165) is 32.5 Å². The smallest absolute Gasteiger partial charge is 0.0484 e. The fraction of sp³-hybridized carbons (Fsp3) is 1.00. The average Bonchev–Trinajstić information content (AvgIpc) is 2.39. The molecule has 15 heavy (non-hydrogen) atoms. The molecule has 2 saturated heterocycles. The normalized spacial score (nSPS) is 38.8. The number of hydrogen-bond donors (Lipinski definition) is 1. The van der Waals surface area contributed by atoms with Crippen molar-refractivity contribution in [2.24, 2.45) is 5.73 Å². The Hall–Kier alpha value is -0.120. The number of likely N-dealkylation sites (tertiary alicyclic amines) is 1. The molecule has 2 N–H and O–H groups in total. The molecule has 88 valence electrons. The second kappa shape index (κ2) is 4.40. The summed E-state index contributed by atoms with van der Waals surface area (Å²) >= 11 is 0. The molecule has 2 aliphatic heterocycles. The van der Waals surface area contributed by atoms with Crippen molar-refractivity contribution in [1.29, 1.82) is 0 Å². The summed E-state index contributed by atoms with van der Waals surface area (Å²) in [7, 11) is 0. The van der Waals surface area contributed by atoms with Crippen LogP contribution in [0, 0.1) is 0 Å². The molecule has 2 atom stereocenters. The maximum absolute atomic E-state index is 6.34. The summed E-state index contributed by atoms with van der Waals surface area (Å²) in [4.78, 5) is 2.62. The molecule has 0 aromatic heterocycles. The van der Waals surface area contributed by atoms with Crippen molar-refractivity contribution in [2.75, 3.05) is 19.8 Å². The Morgan fingerprint density at radius 2 is 2.13 bits per heavy atom. The summed E-state index contributed by atoms with van der Waals surface area (Å²) in [5, 5.41) is 0. The zero-order valence-electron chi connectivity index (χ0n) is 10.0. The van der Waals surface area contributed by atoms with Gasteiger partial charge in [-0.3, -0.25) is 4.90 Å². The maximum atomic E-state index is 6.34. The molecule has 0 aliphatic carbocycles. The molecule has 3 nitrogen and oxygen atoms in total. The first-order chi connectivity index (χ1) is 7.17. The van der Waals surface area contributed by atoms with Crippen molar-refractivity contribution >= 4 is 0 Å². The van der Waals surface area contributed by atoms with Gasteiger partial charge in [-0.1, -0.05) is 0 Å². The lowest BCUT2D eigenvalue weighted by atomic mass is 9.83. The Labute approximate surface area is 93.0 Å². The van der Waals surface area contributed by atoms with Gasteiger partial charge in [-0.2, -0.15) is 0 Å². The van der Waals surface area contributed by atoms with Crippen LogP contribution in [-0.4, -0.2) is 42.3 Å². The van der Waals surface area contributed by atoms with Crippen LogP contribution in [0.2, 0.25) is 0 Å². The highest BCUT2D eigenvalue weighted by Gasteiger charge is 2.47. The highest BCUT2D eigenvalue weighted by molar-refractivity contribution is 5.05. The Balaban J connectivity index is 2.19. The highest BCUT2D eigenvalue weighted by Crippen LogP contribution is 2.38. The van der Waals surface area contributed by atoms with Gasteiger partial charge >= 0.3 is 0 Å². The van der Waals surface area contributed by atoms with E-state index in [1.54, 1.807) is 0 Å². The fourth-order valence-corrected chi connectivity index (χ4v) is 3.37. The zero-order chi connectivity index (χ0) is 10.9. The maximum Gasteiger partial charge on any atom is 0.0484 e. The predicted molar refractivity (Wildman–Crippen MR) is 61.8 cm³/mol. The number of hydrogen-bond acceptors (Lipinski definition) is 3. The van der Waals surface area contributed by atoms with Gasteiger partial charge in [0.25, 0.3) is 0 Å². The third-order valence-corrected chi connectivity index (χ3v) is 4.14. The second-order valence-electron chi connectivity index (χ2n) is 5.25. The van der Waals surface area contributed by atoms with Crippen LogP contribution in [0.1, 0.15) is 39.5 Å². The van der Waals surface area contributed by atoms with E-state index in [-0.39, 0.29) is 5.54 Å². The molecule has 0 amide bonds. The van der Waals surface area contributed by atoms with Crippen LogP contribution in [0.15, 0.2) is 0 Å². The SMILES string of the molecule is CC(C)N1CCC(N)C12CCCOCC2. The molecule has 0 saturated carbocycles. The van der Waals surface area contributed by atoms with Gasteiger partial charge in [-0.05, 0) is 39.5 Å². The van der Waals surface area contributed by atoms with Gasteiger partial charge in [-0.25, -0.2) is 0 Å². The summed E-state index contributed by atoms with van der Waals surface area (Å²) in [5.74, 6) is 0. The van der Waals surface area contributed by atoms with Crippen molar-refractivity contribution in [1.82, 2.24) is 4.90 Å². The third kappa shape index (κ3) is 1.93. The molecule has 2 fully saturated rings. The van der Waals surface area contributed by atoms with Gasteiger partial charge in [0.1, 0.15) is 0 Å². The van der Waals surface area contributed by atoms with Gasteiger partial charge in [0, 0.05) is 37.4 Å². The first kappa shape index (κ1) is 11.4. The van der Waals surface area contributed by atoms with Gasteiger partial charge in [0.15, 0.2) is 0 Å². The Bertz CT molecular complexity index is 210. The summed E-state index contributed by atoms with van der Waals surface area (Å²) in [6, 6.07) is 0.957. The van der Waals surface area contributed by atoms with Crippen LogP contribution >= 0.6 is 0 Å². The van der Waals surface area contributed by atoms with Crippen molar-refractivity contribution < 1.29 is 4.74 Å². The molecule has 2 heterocycles. The zero-order valence-corrected chi connectivity index (χ0v) is 10.0. The molecule has 0 radical (unpaired) electrons. The van der Waals surface area contributed by atoms with E-state index in [0.29, 0.717) is 12.1 Å². The second-order valence-corrected chi connectivity index (χ2v) is 5.25. The van der Waals surface area contributed by atoms with E-state index in [9.17, 15) is 0 Å². The molecule has 0 aromatic rings. The minimum atomic E-state index is 0.241.